The number of benzene rings is 2. The summed E-state index contributed by atoms with van der Waals surface area (Å²) in [7, 11) is 3.92. The van der Waals surface area contributed by atoms with Crippen LogP contribution in [0.2, 0.25) is 0 Å². The Morgan fingerprint density at radius 2 is 1.76 bits per heavy atom. The zero-order valence-corrected chi connectivity index (χ0v) is 17.1. The molecule has 0 aliphatic carbocycles. The van der Waals surface area contributed by atoms with Crippen LogP contribution in [0.4, 0.5) is 16.2 Å². The molecule has 0 aromatic heterocycles. The summed E-state index contributed by atoms with van der Waals surface area (Å²) in [4.78, 5) is 27.1. The minimum atomic E-state index is -0.539. The number of hydrogen-bond donors (Lipinski definition) is 3. The Labute approximate surface area is 170 Å². The predicted octanol–water partition coefficient (Wildman–Crippen LogP) is 3.42. The number of hydrogen-bond acceptors (Lipinski definition) is 4. The Morgan fingerprint density at radius 1 is 1.10 bits per heavy atom. The second-order valence-electron chi connectivity index (χ2n) is 6.97. The van der Waals surface area contributed by atoms with Gasteiger partial charge in [-0.05, 0) is 55.8 Å². The summed E-state index contributed by atoms with van der Waals surface area (Å²) in [6.07, 6.45) is 0. The van der Waals surface area contributed by atoms with Gasteiger partial charge in [0, 0.05) is 31.2 Å². The monoisotopic (exact) mass is 394 g/mol. The van der Waals surface area contributed by atoms with E-state index < -0.39 is 6.04 Å². The minimum Gasteiger partial charge on any atom is -0.494 e. The summed E-state index contributed by atoms with van der Waals surface area (Å²) in [5, 5.41) is 8.45. The van der Waals surface area contributed by atoms with Crippen LogP contribution in [0.15, 0.2) is 59.8 Å². The number of ether oxygens (including phenoxy) is 1. The van der Waals surface area contributed by atoms with Crippen molar-refractivity contribution in [2.24, 2.45) is 0 Å². The smallest absolute Gasteiger partial charge is 0.319 e. The van der Waals surface area contributed by atoms with Crippen LogP contribution in [0.25, 0.3) is 0 Å². The molecule has 1 aliphatic heterocycles. The van der Waals surface area contributed by atoms with Crippen molar-refractivity contribution in [2.75, 3.05) is 30.9 Å². The van der Waals surface area contributed by atoms with Gasteiger partial charge in [0.2, 0.25) is 0 Å². The lowest BCUT2D eigenvalue weighted by atomic mass is 9.94. The van der Waals surface area contributed by atoms with Crippen LogP contribution >= 0.6 is 0 Å². The van der Waals surface area contributed by atoms with Crippen molar-refractivity contribution in [3.63, 3.8) is 0 Å². The largest absolute Gasteiger partial charge is 0.494 e. The van der Waals surface area contributed by atoms with Crippen molar-refractivity contribution >= 4 is 23.3 Å². The SMILES string of the molecule is CCOc1ccc(NC(=O)C2=C(C)NC(=O)NC2c2ccc(N(C)C)cc2)cc1. The highest BCUT2D eigenvalue weighted by Gasteiger charge is 2.31. The van der Waals surface area contributed by atoms with Crippen LogP contribution in [0.3, 0.4) is 0 Å². The lowest BCUT2D eigenvalue weighted by Crippen LogP contribution is -2.45. The predicted molar refractivity (Wildman–Crippen MR) is 114 cm³/mol. The van der Waals surface area contributed by atoms with E-state index in [0.717, 1.165) is 17.0 Å². The molecule has 0 bridgehead atoms. The first-order valence-electron chi connectivity index (χ1n) is 9.48. The summed E-state index contributed by atoms with van der Waals surface area (Å²) in [5.41, 5.74) is 3.52. The molecule has 1 heterocycles. The Balaban J connectivity index is 1.85. The Morgan fingerprint density at radius 3 is 2.34 bits per heavy atom. The summed E-state index contributed by atoms with van der Waals surface area (Å²) in [5.74, 6) is 0.465. The Hall–Kier alpha value is -3.48. The van der Waals surface area contributed by atoms with Crippen molar-refractivity contribution in [1.29, 1.82) is 0 Å². The molecule has 1 atom stereocenters. The highest BCUT2D eigenvalue weighted by Crippen LogP contribution is 2.29. The minimum absolute atomic E-state index is 0.277. The summed E-state index contributed by atoms with van der Waals surface area (Å²) in [6, 6.07) is 14.1. The lowest BCUT2D eigenvalue weighted by Gasteiger charge is -2.29. The number of allylic oxidation sites excluding steroid dienone is 1. The molecular weight excluding hydrogens is 368 g/mol. The van der Waals surface area contributed by atoms with E-state index in [1.54, 1.807) is 31.2 Å². The molecule has 7 heteroatoms. The molecule has 0 saturated carbocycles. The van der Waals surface area contributed by atoms with Gasteiger partial charge in [0.15, 0.2) is 0 Å². The van der Waals surface area contributed by atoms with Crippen LogP contribution in [-0.2, 0) is 4.79 Å². The number of rotatable bonds is 6. The average Bonchev–Trinajstić information content (AvgIpc) is 2.69. The van der Waals surface area contributed by atoms with Crippen LogP contribution in [0.5, 0.6) is 5.75 Å². The lowest BCUT2D eigenvalue weighted by molar-refractivity contribution is -0.113. The molecule has 1 aliphatic rings. The maximum Gasteiger partial charge on any atom is 0.319 e. The average molecular weight is 394 g/mol. The molecule has 0 radical (unpaired) electrons. The van der Waals surface area contributed by atoms with E-state index in [-0.39, 0.29) is 11.9 Å². The third kappa shape index (κ3) is 4.68. The van der Waals surface area contributed by atoms with Gasteiger partial charge in [0.25, 0.3) is 5.91 Å². The third-order valence-electron chi connectivity index (χ3n) is 4.68. The van der Waals surface area contributed by atoms with Gasteiger partial charge in [-0.25, -0.2) is 4.79 Å². The number of carbonyl (C=O) groups excluding carboxylic acids is 2. The van der Waals surface area contributed by atoms with Crippen molar-refractivity contribution in [3.8, 4) is 5.75 Å². The molecule has 0 saturated heterocycles. The zero-order chi connectivity index (χ0) is 21.0. The van der Waals surface area contributed by atoms with Gasteiger partial charge in [-0.3, -0.25) is 4.79 Å². The van der Waals surface area contributed by atoms with Crippen molar-refractivity contribution < 1.29 is 14.3 Å². The molecule has 0 fully saturated rings. The Bertz CT molecular complexity index is 918. The van der Waals surface area contributed by atoms with E-state index in [1.165, 1.54) is 0 Å². The molecule has 152 valence electrons. The van der Waals surface area contributed by atoms with Gasteiger partial charge in [0.05, 0.1) is 18.2 Å². The van der Waals surface area contributed by atoms with Gasteiger partial charge in [-0.1, -0.05) is 12.1 Å². The van der Waals surface area contributed by atoms with Crippen LogP contribution < -0.4 is 25.6 Å². The van der Waals surface area contributed by atoms with Crippen molar-refractivity contribution in [2.45, 2.75) is 19.9 Å². The van der Waals surface area contributed by atoms with Crippen molar-refractivity contribution in [3.05, 3.63) is 65.4 Å². The maximum atomic E-state index is 13.1. The number of nitrogens with one attached hydrogen (secondary N) is 3. The fourth-order valence-corrected chi connectivity index (χ4v) is 3.21. The quantitative estimate of drug-likeness (QED) is 0.701. The molecular formula is C22H26N4O3. The van der Waals surface area contributed by atoms with Crippen LogP contribution in [-0.4, -0.2) is 32.6 Å². The molecule has 3 rings (SSSR count). The summed E-state index contributed by atoms with van der Waals surface area (Å²) >= 11 is 0. The van der Waals surface area contributed by atoms with E-state index >= 15 is 0 Å². The molecule has 29 heavy (non-hydrogen) atoms. The van der Waals surface area contributed by atoms with Gasteiger partial charge >= 0.3 is 6.03 Å². The fourth-order valence-electron chi connectivity index (χ4n) is 3.21. The van der Waals surface area contributed by atoms with Gasteiger partial charge in [-0.15, -0.1) is 0 Å². The normalized spacial score (nSPS) is 16.0. The fraction of sp³-hybridized carbons (Fsp3) is 0.273. The number of amides is 3. The standard InChI is InChI=1S/C22H26N4O3/c1-5-29-18-12-8-16(9-13-18)24-21(27)19-14(2)23-22(28)25-20(19)15-6-10-17(11-7-15)26(3)4/h6-13,20H,5H2,1-4H3,(H,24,27)(H2,23,25,28). The third-order valence-corrected chi connectivity index (χ3v) is 4.68. The molecule has 0 spiro atoms. The second-order valence-corrected chi connectivity index (χ2v) is 6.97. The van der Waals surface area contributed by atoms with Gasteiger partial charge < -0.3 is 25.6 Å². The van der Waals surface area contributed by atoms with Gasteiger partial charge in [-0.2, -0.15) is 0 Å². The molecule has 2 aromatic rings. The first-order chi connectivity index (χ1) is 13.9. The molecule has 2 aromatic carbocycles. The highest BCUT2D eigenvalue weighted by atomic mass is 16.5. The van der Waals surface area contributed by atoms with E-state index in [2.05, 4.69) is 16.0 Å². The summed E-state index contributed by atoms with van der Waals surface area (Å²) in [6.45, 7) is 4.23. The zero-order valence-electron chi connectivity index (χ0n) is 17.1. The molecule has 3 N–H and O–H groups in total. The van der Waals surface area contributed by atoms with E-state index in [4.69, 9.17) is 4.74 Å². The Kier molecular flexibility index (Phi) is 6.07. The van der Waals surface area contributed by atoms with Crippen LogP contribution in [0, 0.1) is 0 Å². The molecule has 1 unspecified atom stereocenters. The number of urea groups is 1. The number of carbonyl (C=O) groups is 2. The molecule has 7 nitrogen and oxygen atoms in total. The first kappa shape index (κ1) is 20.3. The number of anilines is 2. The molecule has 3 amide bonds. The van der Waals surface area contributed by atoms with Gasteiger partial charge in [0.1, 0.15) is 5.75 Å². The first-order valence-corrected chi connectivity index (χ1v) is 9.48. The van der Waals surface area contributed by atoms with E-state index in [1.807, 2.05) is 50.2 Å². The van der Waals surface area contributed by atoms with E-state index in [9.17, 15) is 9.59 Å². The summed E-state index contributed by atoms with van der Waals surface area (Å²) < 4.78 is 5.43. The van der Waals surface area contributed by atoms with Crippen LogP contribution in [0.1, 0.15) is 25.5 Å². The maximum absolute atomic E-state index is 13.1. The highest BCUT2D eigenvalue weighted by molar-refractivity contribution is 6.06. The number of nitrogens with zero attached hydrogens (tertiary/aromatic N) is 1. The second kappa shape index (κ2) is 8.68. The van der Waals surface area contributed by atoms with E-state index in [0.29, 0.717) is 23.6 Å². The van der Waals surface area contributed by atoms with Crippen molar-refractivity contribution in [1.82, 2.24) is 10.6 Å². The topological polar surface area (TPSA) is 82.7 Å².